The summed E-state index contributed by atoms with van der Waals surface area (Å²) in [7, 11) is 1.45. The minimum Gasteiger partial charge on any atom is -0.481 e. The second-order valence-electron chi connectivity index (χ2n) is 6.44. The monoisotopic (exact) mass is 351 g/mol. The molecule has 2 N–H and O–H groups in total. The van der Waals surface area contributed by atoms with Crippen LogP contribution in [0.1, 0.15) is 13.3 Å². The minimum absolute atomic E-state index is 0.0278. The predicted octanol–water partition coefficient (Wildman–Crippen LogP) is 1.85. The number of anilines is 1. The molecule has 2 unspecified atom stereocenters. The molecule has 2 heterocycles. The number of nitrogens with zero attached hydrogens (tertiary/aromatic N) is 2. The molecule has 2 aromatic rings. The number of amides is 2. The molecule has 0 bridgehead atoms. The molecule has 0 aliphatic carbocycles. The van der Waals surface area contributed by atoms with Gasteiger partial charge in [0.05, 0.1) is 17.1 Å². The maximum atomic E-state index is 14.2. The van der Waals surface area contributed by atoms with Crippen LogP contribution < -0.4 is 11.1 Å². The fourth-order valence-electron chi connectivity index (χ4n) is 3.13. The first-order valence-electron chi connectivity index (χ1n) is 7.84. The Balaban J connectivity index is 1.83. The molecule has 1 aliphatic heterocycles. The van der Waals surface area contributed by atoms with E-state index in [0.29, 0.717) is 13.0 Å². The zero-order valence-electron chi connectivity index (χ0n) is 13.8. The lowest BCUT2D eigenvalue weighted by atomic mass is 9.91. The molecule has 0 spiro atoms. The van der Waals surface area contributed by atoms with E-state index in [-0.39, 0.29) is 29.2 Å². The van der Waals surface area contributed by atoms with Gasteiger partial charge in [0, 0.05) is 32.3 Å². The highest BCUT2D eigenvalue weighted by atomic mass is 19.1. The van der Waals surface area contributed by atoms with Crippen molar-refractivity contribution >= 4 is 28.8 Å². The molecule has 1 aromatic carbocycles. The maximum absolute atomic E-state index is 14.2. The van der Waals surface area contributed by atoms with Gasteiger partial charge < -0.3 is 19.7 Å². The largest absolute Gasteiger partial charge is 0.481 e. The quantitative estimate of drug-likeness (QED) is 0.859. The van der Waals surface area contributed by atoms with Gasteiger partial charge in [0.25, 0.3) is 0 Å². The van der Waals surface area contributed by atoms with Crippen LogP contribution in [0.25, 0.3) is 11.1 Å². The van der Waals surface area contributed by atoms with E-state index in [2.05, 4.69) is 5.32 Å². The number of likely N-dealkylation sites (tertiary alicyclic amines) is 1. The normalized spacial score (nSPS) is 20.7. The van der Waals surface area contributed by atoms with Crippen LogP contribution in [0.15, 0.2) is 21.3 Å². The van der Waals surface area contributed by atoms with Gasteiger partial charge in [-0.05, 0) is 12.3 Å². The molecule has 0 saturated carbocycles. The Morgan fingerprint density at radius 3 is 2.76 bits per heavy atom. The van der Waals surface area contributed by atoms with E-state index in [9.17, 15) is 23.9 Å². The van der Waals surface area contributed by atoms with Crippen LogP contribution in [-0.4, -0.2) is 39.7 Å². The summed E-state index contributed by atoms with van der Waals surface area (Å²) in [4.78, 5) is 36.4. The zero-order valence-corrected chi connectivity index (χ0v) is 13.8. The zero-order chi connectivity index (χ0) is 18.3. The Hall–Kier alpha value is -2.84. The number of halogens is 1. The van der Waals surface area contributed by atoms with Gasteiger partial charge in [-0.3, -0.25) is 9.36 Å². The van der Waals surface area contributed by atoms with Gasteiger partial charge in [0.15, 0.2) is 5.58 Å². The number of aryl methyl sites for hydroxylation is 1. The maximum Gasteiger partial charge on any atom is 0.419 e. The standard InChI is InChI=1S/C16H18FN3O5/c1-8-3-9(14(21)22)7-20(6-8)15(23)18-11-5-13-12(4-10(11)17)19(2)16(24)25-13/h4-5,8-9H,3,6-7H2,1-2H3,(H,18,23)(H,21,22). The first-order chi connectivity index (χ1) is 11.8. The van der Waals surface area contributed by atoms with Gasteiger partial charge >= 0.3 is 17.8 Å². The van der Waals surface area contributed by atoms with Crippen LogP contribution in [0.4, 0.5) is 14.9 Å². The fourth-order valence-corrected chi connectivity index (χ4v) is 3.13. The highest BCUT2D eigenvalue weighted by Gasteiger charge is 2.32. The van der Waals surface area contributed by atoms with Crippen molar-refractivity contribution in [2.75, 3.05) is 18.4 Å². The first-order valence-corrected chi connectivity index (χ1v) is 7.84. The highest BCUT2D eigenvalue weighted by Crippen LogP contribution is 2.25. The van der Waals surface area contributed by atoms with Crippen molar-refractivity contribution in [1.82, 2.24) is 9.47 Å². The summed E-state index contributed by atoms with van der Waals surface area (Å²) in [5.74, 6) is -2.92. The van der Waals surface area contributed by atoms with Crippen LogP contribution >= 0.6 is 0 Å². The van der Waals surface area contributed by atoms with Gasteiger partial charge in [0.1, 0.15) is 5.82 Å². The number of carboxylic acid groups (broad SMARTS) is 1. The number of carbonyl (C=O) groups excluding carboxylic acids is 1. The van der Waals surface area contributed by atoms with Gasteiger partial charge in [-0.15, -0.1) is 0 Å². The number of carboxylic acids is 1. The number of nitrogens with one attached hydrogen (secondary N) is 1. The second-order valence-corrected chi connectivity index (χ2v) is 6.44. The number of benzene rings is 1. The smallest absolute Gasteiger partial charge is 0.419 e. The summed E-state index contributed by atoms with van der Waals surface area (Å²) in [6.45, 7) is 2.32. The Morgan fingerprint density at radius 2 is 2.08 bits per heavy atom. The van der Waals surface area contributed by atoms with Crippen molar-refractivity contribution in [3.8, 4) is 0 Å². The number of hydrogen-bond acceptors (Lipinski definition) is 4. The number of oxazole rings is 1. The average Bonchev–Trinajstić information content (AvgIpc) is 2.81. The SMILES string of the molecule is CC1CC(C(=O)O)CN(C(=O)Nc2cc3oc(=O)n(C)c3cc2F)C1. The van der Waals surface area contributed by atoms with Crippen molar-refractivity contribution in [3.05, 3.63) is 28.5 Å². The molecule has 9 heteroatoms. The van der Waals surface area contributed by atoms with E-state index in [0.717, 1.165) is 10.6 Å². The summed E-state index contributed by atoms with van der Waals surface area (Å²) < 4.78 is 20.4. The summed E-state index contributed by atoms with van der Waals surface area (Å²) in [5.41, 5.74) is 0.301. The number of piperidine rings is 1. The third-order valence-corrected chi connectivity index (χ3v) is 4.42. The van der Waals surface area contributed by atoms with Crippen LogP contribution in [-0.2, 0) is 11.8 Å². The third-order valence-electron chi connectivity index (χ3n) is 4.42. The average molecular weight is 351 g/mol. The lowest BCUT2D eigenvalue weighted by Crippen LogP contribution is -2.47. The van der Waals surface area contributed by atoms with Gasteiger partial charge in [-0.2, -0.15) is 0 Å². The Bertz CT molecular complexity index is 903. The molecule has 1 aromatic heterocycles. The van der Waals surface area contributed by atoms with E-state index < -0.39 is 29.5 Å². The molecule has 2 amide bonds. The van der Waals surface area contributed by atoms with E-state index in [1.807, 2.05) is 6.92 Å². The van der Waals surface area contributed by atoms with Crippen LogP contribution in [0.5, 0.6) is 0 Å². The minimum atomic E-state index is -0.956. The van der Waals surface area contributed by atoms with Crippen molar-refractivity contribution in [2.45, 2.75) is 13.3 Å². The predicted molar refractivity (Wildman–Crippen MR) is 86.9 cm³/mol. The summed E-state index contributed by atoms with van der Waals surface area (Å²) in [5, 5.41) is 11.6. The van der Waals surface area contributed by atoms with Crippen LogP contribution in [0.3, 0.4) is 0 Å². The van der Waals surface area contributed by atoms with Gasteiger partial charge in [0.2, 0.25) is 0 Å². The summed E-state index contributed by atoms with van der Waals surface area (Å²) in [6, 6.07) is 1.76. The van der Waals surface area contributed by atoms with Crippen molar-refractivity contribution < 1.29 is 23.5 Å². The number of aromatic nitrogens is 1. The highest BCUT2D eigenvalue weighted by molar-refractivity contribution is 5.92. The van der Waals surface area contributed by atoms with Crippen molar-refractivity contribution in [1.29, 1.82) is 0 Å². The molecule has 1 saturated heterocycles. The molecular formula is C16H18FN3O5. The Kier molecular flexibility index (Phi) is 4.23. The third kappa shape index (κ3) is 3.21. The number of rotatable bonds is 2. The summed E-state index contributed by atoms with van der Waals surface area (Å²) >= 11 is 0. The van der Waals surface area contributed by atoms with Crippen molar-refractivity contribution in [2.24, 2.45) is 18.9 Å². The molecular weight excluding hydrogens is 333 g/mol. The molecule has 134 valence electrons. The molecule has 8 nitrogen and oxygen atoms in total. The lowest BCUT2D eigenvalue weighted by molar-refractivity contribution is -0.143. The molecule has 3 rings (SSSR count). The van der Waals surface area contributed by atoms with Gasteiger partial charge in [-0.25, -0.2) is 14.0 Å². The van der Waals surface area contributed by atoms with Crippen LogP contribution in [0.2, 0.25) is 0 Å². The van der Waals surface area contributed by atoms with Crippen molar-refractivity contribution in [3.63, 3.8) is 0 Å². The van der Waals surface area contributed by atoms with Gasteiger partial charge in [-0.1, -0.05) is 6.92 Å². The Labute approximate surface area is 141 Å². The molecule has 2 atom stereocenters. The fraction of sp³-hybridized carbons (Fsp3) is 0.438. The molecule has 0 radical (unpaired) electrons. The van der Waals surface area contributed by atoms with E-state index >= 15 is 0 Å². The molecule has 1 fully saturated rings. The van der Waals surface area contributed by atoms with E-state index in [1.54, 1.807) is 0 Å². The summed E-state index contributed by atoms with van der Waals surface area (Å²) in [6.07, 6.45) is 0.495. The van der Waals surface area contributed by atoms with E-state index in [4.69, 9.17) is 4.42 Å². The number of aliphatic carboxylic acids is 1. The van der Waals surface area contributed by atoms with E-state index in [1.165, 1.54) is 18.0 Å². The number of carbonyl (C=O) groups is 2. The number of urea groups is 1. The molecule has 25 heavy (non-hydrogen) atoms. The molecule has 1 aliphatic rings. The Morgan fingerprint density at radius 1 is 1.36 bits per heavy atom. The number of fused-ring (bicyclic) bond motifs is 1. The van der Waals surface area contributed by atoms with Crippen LogP contribution in [0, 0.1) is 17.7 Å². The lowest BCUT2D eigenvalue weighted by Gasteiger charge is -2.34. The second kappa shape index (κ2) is 6.23. The first kappa shape index (κ1) is 17.0. The number of hydrogen-bond donors (Lipinski definition) is 2. The topological polar surface area (TPSA) is 105 Å².